The van der Waals surface area contributed by atoms with Gasteiger partial charge in [-0.05, 0) is 18.8 Å². The Hall–Kier alpha value is -0.660. The highest BCUT2D eigenvalue weighted by Gasteiger charge is 2.44. The molecule has 0 aromatic heterocycles. The topological polar surface area (TPSA) is 109 Å². The van der Waals surface area contributed by atoms with Gasteiger partial charge in [0, 0.05) is 0 Å². The summed E-state index contributed by atoms with van der Waals surface area (Å²) in [5.74, 6) is -0.966. The Morgan fingerprint density at radius 2 is 2.20 bits per heavy atom. The fourth-order valence-electron chi connectivity index (χ4n) is 2.15. The van der Waals surface area contributed by atoms with Crippen LogP contribution in [-0.2, 0) is 15.0 Å². The van der Waals surface area contributed by atoms with Crippen molar-refractivity contribution in [3.05, 3.63) is 0 Å². The molecule has 2 unspecified atom stereocenters. The summed E-state index contributed by atoms with van der Waals surface area (Å²) in [5.41, 5.74) is -1.41. The minimum atomic E-state index is -3.98. The Labute approximate surface area is 89.0 Å². The molecular formula is C8H16N2O4S. The summed E-state index contributed by atoms with van der Waals surface area (Å²) < 4.78 is 23.9. The van der Waals surface area contributed by atoms with Crippen LogP contribution in [0.4, 0.5) is 0 Å². The van der Waals surface area contributed by atoms with Gasteiger partial charge in [-0.15, -0.1) is 0 Å². The van der Waals surface area contributed by atoms with Crippen molar-refractivity contribution in [2.75, 3.05) is 0 Å². The SMILES string of the molecule is CC1CCCC(NS(N)(=O)=O)(C(=O)O)C1. The molecule has 88 valence electrons. The van der Waals surface area contributed by atoms with Crippen molar-refractivity contribution < 1.29 is 18.3 Å². The first-order chi connectivity index (χ1) is 6.75. The van der Waals surface area contributed by atoms with Crippen LogP contribution in [0, 0.1) is 5.92 Å². The second-order valence-electron chi connectivity index (χ2n) is 4.24. The Kier molecular flexibility index (Phi) is 3.37. The van der Waals surface area contributed by atoms with E-state index in [0.717, 1.165) is 6.42 Å². The molecule has 1 fully saturated rings. The summed E-state index contributed by atoms with van der Waals surface area (Å²) in [6, 6.07) is 0. The third-order valence-electron chi connectivity index (χ3n) is 2.74. The average Bonchev–Trinajstić information content (AvgIpc) is 2.00. The van der Waals surface area contributed by atoms with E-state index in [0.29, 0.717) is 19.3 Å². The van der Waals surface area contributed by atoms with Gasteiger partial charge in [-0.2, -0.15) is 13.1 Å². The van der Waals surface area contributed by atoms with E-state index in [4.69, 9.17) is 10.2 Å². The maximum absolute atomic E-state index is 11.1. The average molecular weight is 236 g/mol. The Morgan fingerprint density at radius 3 is 2.60 bits per heavy atom. The number of nitrogens with one attached hydrogen (secondary N) is 1. The molecule has 0 aromatic rings. The third-order valence-corrected chi connectivity index (χ3v) is 3.42. The van der Waals surface area contributed by atoms with Crippen LogP contribution in [0.15, 0.2) is 0 Å². The second-order valence-corrected chi connectivity index (χ2v) is 5.53. The van der Waals surface area contributed by atoms with E-state index in [1.54, 1.807) is 0 Å². The van der Waals surface area contributed by atoms with Gasteiger partial charge in [0.2, 0.25) is 0 Å². The zero-order valence-corrected chi connectivity index (χ0v) is 9.38. The fraction of sp³-hybridized carbons (Fsp3) is 0.875. The smallest absolute Gasteiger partial charge is 0.324 e. The van der Waals surface area contributed by atoms with Crippen LogP contribution in [0.3, 0.4) is 0 Å². The van der Waals surface area contributed by atoms with Crippen molar-refractivity contribution in [1.29, 1.82) is 0 Å². The quantitative estimate of drug-likeness (QED) is 0.631. The molecule has 0 bridgehead atoms. The highest BCUT2D eigenvalue weighted by atomic mass is 32.2. The molecule has 1 saturated carbocycles. The van der Waals surface area contributed by atoms with E-state index >= 15 is 0 Å². The molecular weight excluding hydrogens is 220 g/mol. The van der Waals surface area contributed by atoms with Crippen molar-refractivity contribution in [1.82, 2.24) is 4.72 Å². The predicted octanol–water partition coefficient (Wildman–Crippen LogP) is -0.187. The fourth-order valence-corrected chi connectivity index (χ4v) is 2.97. The van der Waals surface area contributed by atoms with Crippen molar-refractivity contribution in [2.24, 2.45) is 11.1 Å². The van der Waals surface area contributed by atoms with E-state index in [2.05, 4.69) is 4.72 Å². The van der Waals surface area contributed by atoms with Gasteiger partial charge in [0.05, 0.1) is 0 Å². The number of carbonyl (C=O) groups is 1. The van der Waals surface area contributed by atoms with Crippen LogP contribution in [0.5, 0.6) is 0 Å². The maximum Gasteiger partial charge on any atom is 0.324 e. The molecule has 7 heteroatoms. The second kappa shape index (κ2) is 4.07. The third kappa shape index (κ3) is 3.15. The molecule has 0 spiro atoms. The zero-order valence-electron chi connectivity index (χ0n) is 8.56. The minimum absolute atomic E-state index is 0.184. The summed E-state index contributed by atoms with van der Waals surface area (Å²) in [6.45, 7) is 1.90. The van der Waals surface area contributed by atoms with Gasteiger partial charge < -0.3 is 5.11 Å². The number of hydrogen-bond donors (Lipinski definition) is 3. The molecule has 0 heterocycles. The van der Waals surface area contributed by atoms with Crippen LogP contribution in [0.25, 0.3) is 0 Å². The number of carboxylic acid groups (broad SMARTS) is 1. The monoisotopic (exact) mass is 236 g/mol. The number of hydrogen-bond acceptors (Lipinski definition) is 3. The van der Waals surface area contributed by atoms with E-state index < -0.39 is 21.7 Å². The lowest BCUT2D eigenvalue weighted by atomic mass is 9.77. The molecule has 0 radical (unpaired) electrons. The van der Waals surface area contributed by atoms with E-state index in [1.807, 2.05) is 6.92 Å². The van der Waals surface area contributed by atoms with Crippen LogP contribution in [0.1, 0.15) is 32.6 Å². The normalized spacial score (nSPS) is 32.5. The first-order valence-electron chi connectivity index (χ1n) is 4.80. The summed E-state index contributed by atoms with van der Waals surface area (Å²) in [5, 5.41) is 13.9. The van der Waals surface area contributed by atoms with Crippen LogP contribution in [-0.4, -0.2) is 25.0 Å². The largest absolute Gasteiger partial charge is 0.480 e. The number of nitrogens with two attached hydrogens (primary N) is 1. The van der Waals surface area contributed by atoms with Crippen molar-refractivity contribution >= 4 is 16.2 Å². The zero-order chi connectivity index (χ0) is 11.7. The molecule has 1 aliphatic carbocycles. The van der Waals surface area contributed by atoms with Crippen LogP contribution >= 0.6 is 0 Å². The van der Waals surface area contributed by atoms with Gasteiger partial charge in [0.15, 0.2) is 0 Å². The van der Waals surface area contributed by atoms with Gasteiger partial charge >= 0.3 is 5.97 Å². The molecule has 0 aromatic carbocycles. The highest BCUT2D eigenvalue weighted by Crippen LogP contribution is 2.32. The van der Waals surface area contributed by atoms with Crippen molar-refractivity contribution in [3.8, 4) is 0 Å². The molecule has 2 atom stereocenters. The summed E-state index contributed by atoms with van der Waals surface area (Å²) in [4.78, 5) is 11.1. The van der Waals surface area contributed by atoms with Crippen LogP contribution in [0.2, 0.25) is 0 Å². The lowest BCUT2D eigenvalue weighted by Crippen LogP contribution is -2.58. The summed E-state index contributed by atoms with van der Waals surface area (Å²) >= 11 is 0. The summed E-state index contributed by atoms with van der Waals surface area (Å²) in [6.07, 6.45) is 2.19. The van der Waals surface area contributed by atoms with E-state index in [9.17, 15) is 13.2 Å². The number of aliphatic carboxylic acids is 1. The molecule has 1 rings (SSSR count). The number of rotatable bonds is 3. The Bertz CT molecular complexity index is 354. The van der Waals surface area contributed by atoms with E-state index in [1.165, 1.54) is 0 Å². The number of carboxylic acids is 1. The van der Waals surface area contributed by atoms with Gasteiger partial charge in [-0.3, -0.25) is 4.79 Å². The van der Waals surface area contributed by atoms with Gasteiger partial charge in [0.25, 0.3) is 10.2 Å². The highest BCUT2D eigenvalue weighted by molar-refractivity contribution is 7.87. The molecule has 0 aliphatic heterocycles. The first kappa shape index (κ1) is 12.4. The molecule has 4 N–H and O–H groups in total. The minimum Gasteiger partial charge on any atom is -0.480 e. The molecule has 6 nitrogen and oxygen atoms in total. The van der Waals surface area contributed by atoms with Crippen LogP contribution < -0.4 is 9.86 Å². The molecule has 0 amide bonds. The Balaban J connectivity index is 2.93. The van der Waals surface area contributed by atoms with Gasteiger partial charge in [-0.25, -0.2) is 5.14 Å². The van der Waals surface area contributed by atoms with Gasteiger partial charge in [0.1, 0.15) is 5.54 Å². The predicted molar refractivity (Wildman–Crippen MR) is 54.2 cm³/mol. The molecule has 15 heavy (non-hydrogen) atoms. The summed E-state index contributed by atoms with van der Waals surface area (Å²) in [7, 11) is -3.98. The Morgan fingerprint density at radius 1 is 1.60 bits per heavy atom. The van der Waals surface area contributed by atoms with Crippen molar-refractivity contribution in [2.45, 2.75) is 38.1 Å². The first-order valence-corrected chi connectivity index (χ1v) is 6.35. The molecule has 0 saturated heterocycles. The van der Waals surface area contributed by atoms with Crippen molar-refractivity contribution in [3.63, 3.8) is 0 Å². The van der Waals surface area contributed by atoms with Gasteiger partial charge in [-0.1, -0.05) is 19.8 Å². The lowest BCUT2D eigenvalue weighted by Gasteiger charge is -2.36. The van der Waals surface area contributed by atoms with E-state index in [-0.39, 0.29) is 5.92 Å². The standard InChI is InChI=1S/C8H16N2O4S/c1-6-3-2-4-8(5-6,7(11)12)10-15(9,13)14/h6,10H,2-5H2,1H3,(H,11,12)(H2,9,13,14). The lowest BCUT2D eigenvalue weighted by molar-refractivity contribution is -0.146. The maximum atomic E-state index is 11.1. The molecule has 1 aliphatic rings.